The molecule has 0 radical (unpaired) electrons. The molecule has 0 spiro atoms. The smallest absolute Gasteiger partial charge is 0.258 e. The summed E-state index contributed by atoms with van der Waals surface area (Å²) in [4.78, 5) is 12.2. The van der Waals surface area contributed by atoms with Crippen molar-refractivity contribution >= 4 is 21.4 Å². The molecule has 0 unspecified atom stereocenters. The normalized spacial score (nSPS) is 10.8. The number of nitro groups is 1. The van der Waals surface area contributed by atoms with Gasteiger partial charge in [0.15, 0.2) is 0 Å². The number of hydrogen-bond donors (Lipinski definition) is 1. The Morgan fingerprint density at radius 2 is 1.30 bits per heavy atom. The first-order chi connectivity index (χ1) is 13.0. The SMILES string of the molecule is O=[N+]([O-])c1ccc(S(=O)(=O)NN=C(c2ccccc2)c2ccccc2)cc1. The molecule has 0 aromatic heterocycles. The Labute approximate surface area is 156 Å². The molecule has 0 amide bonds. The minimum absolute atomic E-state index is 0.114. The first kappa shape index (κ1) is 18.3. The third-order valence-electron chi connectivity index (χ3n) is 3.73. The number of sulfonamides is 1. The minimum atomic E-state index is -3.97. The van der Waals surface area contributed by atoms with Gasteiger partial charge in [0.2, 0.25) is 0 Å². The number of non-ortho nitro benzene ring substituents is 1. The van der Waals surface area contributed by atoms with E-state index >= 15 is 0 Å². The molecule has 136 valence electrons. The lowest BCUT2D eigenvalue weighted by Crippen LogP contribution is -2.21. The van der Waals surface area contributed by atoms with Gasteiger partial charge in [0, 0.05) is 23.3 Å². The van der Waals surface area contributed by atoms with E-state index < -0.39 is 14.9 Å². The van der Waals surface area contributed by atoms with Crippen molar-refractivity contribution in [1.29, 1.82) is 0 Å². The van der Waals surface area contributed by atoms with Gasteiger partial charge in [0.05, 0.1) is 15.5 Å². The van der Waals surface area contributed by atoms with Crippen LogP contribution in [0, 0.1) is 10.1 Å². The van der Waals surface area contributed by atoms with Crippen molar-refractivity contribution in [2.45, 2.75) is 4.90 Å². The number of hydrazone groups is 1. The molecule has 7 nitrogen and oxygen atoms in total. The van der Waals surface area contributed by atoms with E-state index in [9.17, 15) is 18.5 Å². The highest BCUT2D eigenvalue weighted by atomic mass is 32.2. The molecule has 8 heteroatoms. The number of benzene rings is 3. The lowest BCUT2D eigenvalue weighted by Gasteiger charge is -2.09. The number of hydrogen-bond acceptors (Lipinski definition) is 5. The van der Waals surface area contributed by atoms with Crippen molar-refractivity contribution in [2.24, 2.45) is 5.10 Å². The summed E-state index contributed by atoms with van der Waals surface area (Å²) in [5.41, 5.74) is 1.76. The predicted molar refractivity (Wildman–Crippen MR) is 102 cm³/mol. The fraction of sp³-hybridized carbons (Fsp3) is 0. The zero-order valence-corrected chi connectivity index (χ0v) is 14.8. The van der Waals surface area contributed by atoms with Gasteiger partial charge in [-0.05, 0) is 12.1 Å². The zero-order valence-electron chi connectivity index (χ0n) is 14.0. The Bertz CT molecular complexity index is 1020. The van der Waals surface area contributed by atoms with E-state index in [-0.39, 0.29) is 10.6 Å². The molecule has 0 aliphatic carbocycles. The minimum Gasteiger partial charge on any atom is -0.258 e. The number of nitrogens with one attached hydrogen (secondary N) is 1. The van der Waals surface area contributed by atoms with Crippen LogP contribution in [0.25, 0.3) is 0 Å². The van der Waals surface area contributed by atoms with Crippen LogP contribution in [0.2, 0.25) is 0 Å². The third-order valence-corrected chi connectivity index (χ3v) is 4.95. The van der Waals surface area contributed by atoms with Crippen molar-refractivity contribution in [2.75, 3.05) is 0 Å². The van der Waals surface area contributed by atoms with E-state index in [1.807, 2.05) is 60.7 Å². The summed E-state index contributed by atoms with van der Waals surface area (Å²) in [6.45, 7) is 0. The first-order valence-electron chi connectivity index (χ1n) is 7.92. The Morgan fingerprint density at radius 1 is 0.815 bits per heavy atom. The molecule has 0 aliphatic rings. The number of nitrogens with zero attached hydrogens (tertiary/aromatic N) is 2. The van der Waals surface area contributed by atoms with E-state index in [0.29, 0.717) is 5.71 Å². The summed E-state index contributed by atoms with van der Waals surface area (Å²) in [5.74, 6) is 0. The standard InChI is InChI=1S/C19H15N3O4S/c23-22(24)17-11-13-18(14-12-17)27(25,26)21-20-19(15-7-3-1-4-8-15)16-9-5-2-6-10-16/h1-14,21H. The maximum absolute atomic E-state index is 12.5. The highest BCUT2D eigenvalue weighted by Gasteiger charge is 2.16. The van der Waals surface area contributed by atoms with E-state index in [0.717, 1.165) is 23.3 Å². The fourth-order valence-corrected chi connectivity index (χ4v) is 3.20. The Morgan fingerprint density at radius 3 is 1.74 bits per heavy atom. The van der Waals surface area contributed by atoms with Crippen LogP contribution in [0.4, 0.5) is 5.69 Å². The molecule has 0 saturated heterocycles. The molecule has 3 aromatic carbocycles. The van der Waals surface area contributed by atoms with Crippen LogP contribution in [0.15, 0.2) is 94.9 Å². The molecule has 0 fully saturated rings. The quantitative estimate of drug-likeness (QED) is 0.402. The van der Waals surface area contributed by atoms with Gasteiger partial charge in [-0.25, -0.2) is 0 Å². The van der Waals surface area contributed by atoms with E-state index in [1.165, 1.54) is 12.1 Å². The highest BCUT2D eigenvalue weighted by Crippen LogP contribution is 2.16. The molecule has 3 aromatic rings. The molecule has 27 heavy (non-hydrogen) atoms. The van der Waals surface area contributed by atoms with Gasteiger partial charge < -0.3 is 0 Å². The molecule has 0 heterocycles. The second-order valence-electron chi connectivity index (χ2n) is 5.54. The van der Waals surface area contributed by atoms with Gasteiger partial charge in [0.25, 0.3) is 15.7 Å². The van der Waals surface area contributed by atoms with Gasteiger partial charge in [-0.2, -0.15) is 18.4 Å². The molecule has 0 saturated carbocycles. The van der Waals surface area contributed by atoms with Gasteiger partial charge in [-0.15, -0.1) is 0 Å². The summed E-state index contributed by atoms with van der Waals surface area (Å²) in [6.07, 6.45) is 0. The molecule has 0 aliphatic heterocycles. The molecular formula is C19H15N3O4S. The molecular weight excluding hydrogens is 366 g/mol. The Balaban J connectivity index is 1.95. The lowest BCUT2D eigenvalue weighted by atomic mass is 10.0. The summed E-state index contributed by atoms with van der Waals surface area (Å²) in [5, 5.41) is 14.8. The summed E-state index contributed by atoms with van der Waals surface area (Å²) < 4.78 is 25.0. The van der Waals surface area contributed by atoms with Crippen LogP contribution < -0.4 is 4.83 Å². The first-order valence-corrected chi connectivity index (χ1v) is 9.40. The van der Waals surface area contributed by atoms with Crippen LogP contribution in [-0.4, -0.2) is 19.1 Å². The lowest BCUT2D eigenvalue weighted by molar-refractivity contribution is -0.384. The van der Waals surface area contributed by atoms with Crippen LogP contribution in [0.5, 0.6) is 0 Å². The number of nitro benzene ring substituents is 1. The predicted octanol–water partition coefficient (Wildman–Crippen LogP) is 3.33. The van der Waals surface area contributed by atoms with E-state index in [2.05, 4.69) is 9.93 Å². The van der Waals surface area contributed by atoms with Crippen molar-refractivity contribution in [1.82, 2.24) is 4.83 Å². The van der Waals surface area contributed by atoms with Crippen molar-refractivity contribution < 1.29 is 13.3 Å². The Kier molecular flexibility index (Phi) is 5.28. The van der Waals surface area contributed by atoms with Gasteiger partial charge in [0.1, 0.15) is 0 Å². The van der Waals surface area contributed by atoms with Crippen molar-refractivity contribution in [3.05, 3.63) is 106 Å². The average molecular weight is 381 g/mol. The topological polar surface area (TPSA) is 102 Å². The Hall–Kier alpha value is -3.52. The van der Waals surface area contributed by atoms with Crippen LogP contribution in [0.3, 0.4) is 0 Å². The van der Waals surface area contributed by atoms with Crippen molar-refractivity contribution in [3.63, 3.8) is 0 Å². The molecule has 0 bridgehead atoms. The van der Waals surface area contributed by atoms with Gasteiger partial charge in [-0.1, -0.05) is 60.7 Å². The van der Waals surface area contributed by atoms with E-state index in [1.54, 1.807) is 0 Å². The second-order valence-corrected chi connectivity index (χ2v) is 7.20. The fourth-order valence-electron chi connectivity index (χ4n) is 2.39. The maximum Gasteiger partial charge on any atom is 0.276 e. The average Bonchev–Trinajstić information content (AvgIpc) is 2.70. The second kappa shape index (κ2) is 7.79. The monoisotopic (exact) mass is 381 g/mol. The summed E-state index contributed by atoms with van der Waals surface area (Å²) >= 11 is 0. The zero-order chi connectivity index (χ0) is 19.3. The summed E-state index contributed by atoms with van der Waals surface area (Å²) in [6, 6.07) is 22.9. The van der Waals surface area contributed by atoms with Gasteiger partial charge in [-0.3, -0.25) is 10.1 Å². The molecule has 3 rings (SSSR count). The van der Waals surface area contributed by atoms with Crippen LogP contribution >= 0.6 is 0 Å². The third kappa shape index (κ3) is 4.36. The molecule has 1 N–H and O–H groups in total. The molecule has 0 atom stereocenters. The van der Waals surface area contributed by atoms with Crippen LogP contribution in [-0.2, 0) is 10.0 Å². The van der Waals surface area contributed by atoms with Crippen molar-refractivity contribution in [3.8, 4) is 0 Å². The van der Waals surface area contributed by atoms with Crippen LogP contribution in [0.1, 0.15) is 11.1 Å². The highest BCUT2D eigenvalue weighted by molar-refractivity contribution is 7.89. The number of rotatable bonds is 6. The largest absolute Gasteiger partial charge is 0.276 e. The van der Waals surface area contributed by atoms with E-state index in [4.69, 9.17) is 0 Å². The summed E-state index contributed by atoms with van der Waals surface area (Å²) in [7, 11) is -3.97. The maximum atomic E-state index is 12.5. The van der Waals surface area contributed by atoms with Gasteiger partial charge >= 0.3 is 0 Å².